The van der Waals surface area contributed by atoms with E-state index in [0.717, 1.165) is 16.7 Å². The Morgan fingerprint density at radius 2 is 1.86 bits per heavy atom. The van der Waals surface area contributed by atoms with E-state index in [0.29, 0.717) is 12.2 Å². The average molecular weight is 306 g/mol. The molecule has 0 spiro atoms. The third kappa shape index (κ3) is 3.53. The smallest absolute Gasteiger partial charge is 0.238 e. The highest BCUT2D eigenvalue weighted by molar-refractivity contribution is 7.89. The number of aromatic hydroxyl groups is 1. The third-order valence-corrected chi connectivity index (χ3v) is 4.32. The Morgan fingerprint density at radius 1 is 1.19 bits per heavy atom. The number of hydrogen-bond donors (Lipinski definition) is 3. The molecule has 6 heteroatoms. The van der Waals surface area contributed by atoms with Crippen molar-refractivity contribution in [1.82, 2.24) is 0 Å². The molecule has 2 aromatic rings. The van der Waals surface area contributed by atoms with Crippen molar-refractivity contribution in [2.75, 3.05) is 5.32 Å². The van der Waals surface area contributed by atoms with Gasteiger partial charge in [0.2, 0.25) is 10.0 Å². The molecule has 0 saturated heterocycles. The average Bonchev–Trinajstić information content (AvgIpc) is 2.40. The van der Waals surface area contributed by atoms with Crippen molar-refractivity contribution in [3.8, 4) is 5.75 Å². The SMILES string of the molecule is Cc1cc(S(N)(=O)=O)cc(NCc2ccccc2O)c1C. The molecule has 0 fully saturated rings. The van der Waals surface area contributed by atoms with Crippen LogP contribution in [0.2, 0.25) is 0 Å². The summed E-state index contributed by atoms with van der Waals surface area (Å²) in [5, 5.41) is 18.1. The second-order valence-corrected chi connectivity index (χ2v) is 6.50. The molecule has 112 valence electrons. The zero-order chi connectivity index (χ0) is 15.6. The number of nitrogens with two attached hydrogens (primary N) is 1. The summed E-state index contributed by atoms with van der Waals surface area (Å²) in [6, 6.07) is 10.0. The van der Waals surface area contributed by atoms with Crippen LogP contribution in [0.4, 0.5) is 5.69 Å². The number of hydrogen-bond acceptors (Lipinski definition) is 4. The fourth-order valence-electron chi connectivity index (χ4n) is 2.02. The van der Waals surface area contributed by atoms with E-state index in [1.165, 1.54) is 6.07 Å². The number of aryl methyl sites for hydroxylation is 1. The van der Waals surface area contributed by atoms with Crippen molar-refractivity contribution in [3.63, 3.8) is 0 Å². The van der Waals surface area contributed by atoms with Crippen molar-refractivity contribution >= 4 is 15.7 Å². The second kappa shape index (κ2) is 5.75. The van der Waals surface area contributed by atoms with E-state index >= 15 is 0 Å². The quantitative estimate of drug-likeness (QED) is 0.808. The van der Waals surface area contributed by atoms with Crippen LogP contribution in [0.1, 0.15) is 16.7 Å². The molecule has 0 aliphatic carbocycles. The lowest BCUT2D eigenvalue weighted by atomic mass is 10.1. The van der Waals surface area contributed by atoms with E-state index in [1.54, 1.807) is 24.3 Å². The van der Waals surface area contributed by atoms with Crippen LogP contribution in [0.5, 0.6) is 5.75 Å². The van der Waals surface area contributed by atoms with Crippen LogP contribution in [0.25, 0.3) is 0 Å². The standard InChI is InChI=1S/C15H18N2O3S/c1-10-7-13(21(16,19)20)8-14(11(10)2)17-9-12-5-3-4-6-15(12)18/h3-8,17-18H,9H2,1-2H3,(H2,16,19,20). The Hall–Kier alpha value is -2.05. The lowest BCUT2D eigenvalue weighted by molar-refractivity contribution is 0.469. The van der Waals surface area contributed by atoms with Gasteiger partial charge in [-0.15, -0.1) is 0 Å². The Labute approximate surface area is 124 Å². The summed E-state index contributed by atoms with van der Waals surface area (Å²) in [4.78, 5) is 0.0744. The van der Waals surface area contributed by atoms with Gasteiger partial charge < -0.3 is 10.4 Å². The number of benzene rings is 2. The molecule has 0 aromatic heterocycles. The number of primary sulfonamides is 1. The topological polar surface area (TPSA) is 92.4 Å². The summed E-state index contributed by atoms with van der Waals surface area (Å²) in [5.74, 6) is 0.196. The van der Waals surface area contributed by atoms with Crippen molar-refractivity contribution in [1.29, 1.82) is 0 Å². The van der Waals surface area contributed by atoms with Crippen LogP contribution in [0, 0.1) is 13.8 Å². The minimum absolute atomic E-state index is 0.0744. The van der Waals surface area contributed by atoms with E-state index in [-0.39, 0.29) is 10.6 Å². The summed E-state index contributed by atoms with van der Waals surface area (Å²) in [7, 11) is -3.75. The molecule has 5 nitrogen and oxygen atoms in total. The third-order valence-electron chi connectivity index (χ3n) is 3.43. The number of rotatable bonds is 4. The summed E-state index contributed by atoms with van der Waals surface area (Å²) in [5.41, 5.74) is 3.19. The van der Waals surface area contributed by atoms with Gasteiger partial charge in [0.25, 0.3) is 0 Å². The molecule has 21 heavy (non-hydrogen) atoms. The summed E-state index contributed by atoms with van der Waals surface area (Å²) >= 11 is 0. The first-order valence-corrected chi connectivity index (χ1v) is 7.98. The molecule has 2 aromatic carbocycles. The maximum Gasteiger partial charge on any atom is 0.238 e. The molecule has 0 bridgehead atoms. The fourth-order valence-corrected chi connectivity index (χ4v) is 2.65. The molecule has 4 N–H and O–H groups in total. The summed E-state index contributed by atoms with van der Waals surface area (Å²) in [6.45, 7) is 4.12. The summed E-state index contributed by atoms with van der Waals surface area (Å²) < 4.78 is 23.0. The Kier molecular flexibility index (Phi) is 4.20. The van der Waals surface area contributed by atoms with E-state index in [4.69, 9.17) is 5.14 Å². The first-order chi connectivity index (χ1) is 9.79. The molecular formula is C15H18N2O3S. The van der Waals surface area contributed by atoms with Crippen molar-refractivity contribution < 1.29 is 13.5 Å². The summed E-state index contributed by atoms with van der Waals surface area (Å²) in [6.07, 6.45) is 0. The molecule has 0 amide bonds. The maximum atomic E-state index is 11.5. The van der Waals surface area contributed by atoms with Gasteiger partial charge in [-0.3, -0.25) is 0 Å². The molecule has 2 rings (SSSR count). The second-order valence-electron chi connectivity index (χ2n) is 4.94. The molecule has 0 aliphatic heterocycles. The molecular weight excluding hydrogens is 288 g/mol. The number of nitrogens with one attached hydrogen (secondary N) is 1. The van der Waals surface area contributed by atoms with Crippen LogP contribution < -0.4 is 10.5 Å². The predicted molar refractivity (Wildman–Crippen MR) is 82.7 cm³/mol. The molecule has 0 saturated carbocycles. The minimum Gasteiger partial charge on any atom is -0.508 e. The Bertz CT molecular complexity index is 770. The first kappa shape index (κ1) is 15.3. The number of anilines is 1. The van der Waals surface area contributed by atoms with Gasteiger partial charge in [0.1, 0.15) is 5.75 Å². The van der Waals surface area contributed by atoms with Crippen LogP contribution in [-0.2, 0) is 16.6 Å². The van der Waals surface area contributed by atoms with Crippen LogP contribution >= 0.6 is 0 Å². The van der Waals surface area contributed by atoms with Crippen molar-refractivity contribution in [2.24, 2.45) is 5.14 Å². The predicted octanol–water partition coefficient (Wildman–Crippen LogP) is 2.27. The zero-order valence-corrected chi connectivity index (χ0v) is 12.7. The highest BCUT2D eigenvalue weighted by Crippen LogP contribution is 2.25. The largest absolute Gasteiger partial charge is 0.508 e. The van der Waals surface area contributed by atoms with Gasteiger partial charge in [-0.2, -0.15) is 0 Å². The van der Waals surface area contributed by atoms with E-state index < -0.39 is 10.0 Å². The lowest BCUT2D eigenvalue weighted by Crippen LogP contribution is -2.13. The van der Waals surface area contributed by atoms with Crippen molar-refractivity contribution in [2.45, 2.75) is 25.3 Å². The molecule has 0 aliphatic rings. The lowest BCUT2D eigenvalue weighted by Gasteiger charge is -2.14. The molecule has 0 atom stereocenters. The van der Waals surface area contributed by atoms with Gasteiger partial charge in [-0.1, -0.05) is 18.2 Å². The molecule has 0 unspecified atom stereocenters. The van der Waals surface area contributed by atoms with Gasteiger partial charge in [0, 0.05) is 17.8 Å². The minimum atomic E-state index is -3.75. The van der Waals surface area contributed by atoms with Crippen LogP contribution in [-0.4, -0.2) is 13.5 Å². The fraction of sp³-hybridized carbons (Fsp3) is 0.200. The van der Waals surface area contributed by atoms with Gasteiger partial charge >= 0.3 is 0 Å². The Balaban J connectivity index is 2.32. The van der Waals surface area contributed by atoms with Gasteiger partial charge in [-0.25, -0.2) is 13.6 Å². The van der Waals surface area contributed by atoms with E-state index in [2.05, 4.69) is 5.32 Å². The Morgan fingerprint density at radius 3 is 2.48 bits per heavy atom. The van der Waals surface area contributed by atoms with Gasteiger partial charge in [-0.05, 0) is 43.2 Å². The molecule has 0 heterocycles. The number of sulfonamides is 1. The first-order valence-electron chi connectivity index (χ1n) is 6.44. The molecule has 0 radical (unpaired) electrons. The highest BCUT2D eigenvalue weighted by atomic mass is 32.2. The van der Waals surface area contributed by atoms with Crippen LogP contribution in [0.3, 0.4) is 0 Å². The zero-order valence-electron chi connectivity index (χ0n) is 11.9. The van der Waals surface area contributed by atoms with Gasteiger partial charge in [0.15, 0.2) is 0 Å². The maximum absolute atomic E-state index is 11.5. The van der Waals surface area contributed by atoms with E-state index in [1.807, 2.05) is 19.9 Å². The highest BCUT2D eigenvalue weighted by Gasteiger charge is 2.12. The monoisotopic (exact) mass is 306 g/mol. The van der Waals surface area contributed by atoms with Crippen molar-refractivity contribution in [3.05, 3.63) is 53.1 Å². The van der Waals surface area contributed by atoms with E-state index in [9.17, 15) is 13.5 Å². The van der Waals surface area contributed by atoms with Gasteiger partial charge in [0.05, 0.1) is 4.90 Å². The number of phenols is 1. The normalized spacial score (nSPS) is 11.4. The number of phenolic OH excluding ortho intramolecular Hbond substituents is 1. The number of para-hydroxylation sites is 1. The van der Waals surface area contributed by atoms with Crippen LogP contribution in [0.15, 0.2) is 41.3 Å².